The van der Waals surface area contributed by atoms with Crippen LogP contribution >= 0.6 is 0 Å². The van der Waals surface area contributed by atoms with Crippen molar-refractivity contribution < 1.29 is 28.6 Å². The Balaban J connectivity index is 1.25. The van der Waals surface area contributed by atoms with Crippen LogP contribution in [-0.4, -0.2) is 30.1 Å². The van der Waals surface area contributed by atoms with Crippen LogP contribution in [0.25, 0.3) is 0 Å². The van der Waals surface area contributed by atoms with E-state index in [0.29, 0.717) is 23.5 Å². The summed E-state index contributed by atoms with van der Waals surface area (Å²) in [5.41, 5.74) is 4.73. The number of rotatable bonds is 6. The summed E-state index contributed by atoms with van der Waals surface area (Å²) in [5, 5.41) is 0. The second kappa shape index (κ2) is 11.4. The molecular weight excluding hydrogens is 540 g/mol. The minimum absolute atomic E-state index is 0.119. The number of carbonyl (C=O) groups is 3. The van der Waals surface area contributed by atoms with Crippen molar-refractivity contribution in [1.82, 2.24) is 0 Å². The van der Waals surface area contributed by atoms with Crippen molar-refractivity contribution in [2.24, 2.45) is 22.7 Å². The molecule has 6 unspecified atom stereocenters. The highest BCUT2D eigenvalue weighted by atomic mass is 16.5. The Morgan fingerprint density at radius 2 is 1.49 bits per heavy atom. The fourth-order valence-corrected chi connectivity index (χ4v) is 8.79. The molecule has 4 aliphatic rings. The van der Waals surface area contributed by atoms with Crippen molar-refractivity contribution in [3.05, 3.63) is 94.3 Å². The van der Waals surface area contributed by atoms with Crippen LogP contribution in [-0.2, 0) is 19.0 Å². The standard InChI is InChI=1S/C37H42O6/c1-23(41-34(39)25-11-7-5-8-12-25)30-17-18-31-29-16-15-27-21-28(43-35(40)26-13-9-6-10-14-26)19-20-36(27,3)33(29)32(42-24(2)38)22-37(30,31)4/h5-14,23,27-28,30H,15-22H2,1-4H3. The zero-order valence-electron chi connectivity index (χ0n) is 25.7. The SMILES string of the molecule is CC(=O)OC1=C2C(=C3CCC(C(C)OC(=O)c4ccccc4)C3(C)C1)CCC1CC(OC(=O)c3ccccc3)CCC21C. The van der Waals surface area contributed by atoms with E-state index < -0.39 is 0 Å². The summed E-state index contributed by atoms with van der Waals surface area (Å²) >= 11 is 0. The Morgan fingerprint density at radius 3 is 2.14 bits per heavy atom. The number of hydrogen-bond donors (Lipinski definition) is 0. The largest absolute Gasteiger partial charge is 0.459 e. The van der Waals surface area contributed by atoms with Gasteiger partial charge in [-0.15, -0.1) is 0 Å². The smallest absolute Gasteiger partial charge is 0.338 e. The molecular formula is C37H42O6. The predicted octanol–water partition coefficient (Wildman–Crippen LogP) is 7.99. The van der Waals surface area contributed by atoms with Gasteiger partial charge in [0.15, 0.2) is 0 Å². The van der Waals surface area contributed by atoms with Crippen LogP contribution in [0.3, 0.4) is 0 Å². The Bertz CT molecular complexity index is 1470. The number of hydrogen-bond acceptors (Lipinski definition) is 6. The third-order valence-electron chi connectivity index (χ3n) is 10.9. The van der Waals surface area contributed by atoms with Gasteiger partial charge in [-0.3, -0.25) is 4.79 Å². The van der Waals surface area contributed by atoms with Gasteiger partial charge in [-0.05, 0) is 98.6 Å². The van der Waals surface area contributed by atoms with Gasteiger partial charge in [0.25, 0.3) is 0 Å². The van der Waals surface area contributed by atoms with Crippen LogP contribution in [0.4, 0.5) is 0 Å². The summed E-state index contributed by atoms with van der Waals surface area (Å²) in [5.74, 6) is 0.362. The van der Waals surface area contributed by atoms with Crippen molar-refractivity contribution in [2.75, 3.05) is 0 Å². The van der Waals surface area contributed by atoms with E-state index in [4.69, 9.17) is 14.2 Å². The molecule has 0 N–H and O–H groups in total. The zero-order chi connectivity index (χ0) is 30.4. The Labute approximate surface area is 254 Å². The van der Waals surface area contributed by atoms with E-state index in [1.165, 1.54) is 23.6 Å². The lowest BCUT2D eigenvalue weighted by atomic mass is 9.52. The molecule has 0 radical (unpaired) electrons. The highest BCUT2D eigenvalue weighted by Gasteiger charge is 2.56. The topological polar surface area (TPSA) is 78.9 Å². The van der Waals surface area contributed by atoms with Crippen molar-refractivity contribution in [3.63, 3.8) is 0 Å². The first-order valence-corrected chi connectivity index (χ1v) is 15.8. The molecule has 0 amide bonds. The van der Waals surface area contributed by atoms with E-state index in [1.54, 1.807) is 24.3 Å². The molecule has 0 saturated heterocycles. The maximum atomic E-state index is 12.9. The first-order chi connectivity index (χ1) is 20.6. The number of allylic oxidation sites excluding steroid dienone is 4. The van der Waals surface area contributed by atoms with Gasteiger partial charge in [0.1, 0.15) is 18.0 Å². The highest BCUT2D eigenvalue weighted by molar-refractivity contribution is 5.90. The minimum Gasteiger partial charge on any atom is -0.459 e. The summed E-state index contributed by atoms with van der Waals surface area (Å²) in [4.78, 5) is 38.2. The van der Waals surface area contributed by atoms with E-state index in [0.717, 1.165) is 50.7 Å². The molecule has 0 spiro atoms. The number of esters is 3. The number of carbonyl (C=O) groups excluding carboxylic acids is 3. The lowest BCUT2D eigenvalue weighted by molar-refractivity contribution is -0.137. The Morgan fingerprint density at radius 1 is 0.837 bits per heavy atom. The molecule has 6 nitrogen and oxygen atoms in total. The quantitative estimate of drug-likeness (QED) is 0.254. The second-order valence-corrected chi connectivity index (χ2v) is 13.4. The van der Waals surface area contributed by atoms with Gasteiger partial charge in [-0.25, -0.2) is 9.59 Å². The molecule has 226 valence electrons. The third kappa shape index (κ3) is 5.34. The summed E-state index contributed by atoms with van der Waals surface area (Å²) in [6.45, 7) is 8.08. The fourth-order valence-electron chi connectivity index (χ4n) is 8.79. The summed E-state index contributed by atoms with van der Waals surface area (Å²) in [7, 11) is 0. The molecule has 0 aliphatic heterocycles. The molecule has 43 heavy (non-hydrogen) atoms. The van der Waals surface area contributed by atoms with Crippen molar-refractivity contribution in [3.8, 4) is 0 Å². The molecule has 4 aliphatic carbocycles. The molecule has 6 heteroatoms. The van der Waals surface area contributed by atoms with Crippen molar-refractivity contribution >= 4 is 17.9 Å². The van der Waals surface area contributed by atoms with Crippen molar-refractivity contribution in [2.45, 2.75) is 91.3 Å². The van der Waals surface area contributed by atoms with E-state index >= 15 is 0 Å². The normalized spacial score (nSPS) is 30.5. The second-order valence-electron chi connectivity index (χ2n) is 13.4. The maximum Gasteiger partial charge on any atom is 0.338 e. The zero-order valence-corrected chi connectivity index (χ0v) is 25.7. The Kier molecular flexibility index (Phi) is 7.82. The molecule has 6 rings (SSSR count). The van der Waals surface area contributed by atoms with E-state index in [1.807, 2.05) is 43.3 Å². The molecule has 2 aromatic rings. The molecule has 3 fully saturated rings. The van der Waals surface area contributed by atoms with Gasteiger partial charge >= 0.3 is 17.9 Å². The van der Waals surface area contributed by atoms with Gasteiger partial charge < -0.3 is 14.2 Å². The van der Waals surface area contributed by atoms with Gasteiger partial charge in [0, 0.05) is 24.7 Å². The van der Waals surface area contributed by atoms with E-state index in [2.05, 4.69) is 13.8 Å². The average molecular weight is 583 g/mol. The lowest BCUT2D eigenvalue weighted by Gasteiger charge is -2.53. The monoisotopic (exact) mass is 582 g/mol. The highest BCUT2D eigenvalue weighted by Crippen LogP contribution is 2.65. The van der Waals surface area contributed by atoms with Gasteiger partial charge in [-0.2, -0.15) is 0 Å². The summed E-state index contributed by atoms with van der Waals surface area (Å²) in [6, 6.07) is 18.3. The summed E-state index contributed by atoms with van der Waals surface area (Å²) in [6.07, 6.45) is 6.47. The van der Waals surface area contributed by atoms with Crippen LogP contribution in [0.15, 0.2) is 83.1 Å². The molecule has 0 bridgehead atoms. The van der Waals surface area contributed by atoms with Gasteiger partial charge in [0.05, 0.1) is 11.1 Å². The molecule has 2 aromatic carbocycles. The van der Waals surface area contributed by atoms with Crippen LogP contribution in [0.1, 0.15) is 99.8 Å². The van der Waals surface area contributed by atoms with Crippen LogP contribution in [0, 0.1) is 22.7 Å². The third-order valence-corrected chi connectivity index (χ3v) is 10.9. The van der Waals surface area contributed by atoms with Crippen LogP contribution in [0.5, 0.6) is 0 Å². The molecule has 0 heterocycles. The molecule has 6 atom stereocenters. The summed E-state index contributed by atoms with van der Waals surface area (Å²) < 4.78 is 18.1. The molecule has 0 aromatic heterocycles. The first-order valence-electron chi connectivity index (χ1n) is 15.8. The van der Waals surface area contributed by atoms with Crippen molar-refractivity contribution in [1.29, 1.82) is 0 Å². The van der Waals surface area contributed by atoms with Gasteiger partial charge in [0.2, 0.25) is 0 Å². The number of benzene rings is 2. The maximum absolute atomic E-state index is 12.9. The van der Waals surface area contributed by atoms with E-state index in [9.17, 15) is 14.4 Å². The predicted molar refractivity (Wildman–Crippen MR) is 163 cm³/mol. The average Bonchev–Trinajstić information content (AvgIpc) is 3.34. The van der Waals surface area contributed by atoms with Crippen LogP contribution < -0.4 is 0 Å². The van der Waals surface area contributed by atoms with Gasteiger partial charge in [-0.1, -0.05) is 55.8 Å². The Hall–Kier alpha value is -3.67. The fraction of sp³-hybridized carbons (Fsp3) is 0.486. The lowest BCUT2D eigenvalue weighted by Crippen LogP contribution is -2.45. The molecule has 3 saturated carbocycles. The number of ether oxygens (including phenoxy) is 3. The van der Waals surface area contributed by atoms with E-state index in [-0.39, 0.29) is 46.9 Å². The minimum atomic E-state index is -0.303. The number of fused-ring (bicyclic) bond motifs is 4. The first kappa shape index (κ1) is 29.4. The van der Waals surface area contributed by atoms with Crippen LogP contribution in [0.2, 0.25) is 0 Å².